The molecule has 0 aromatic rings. The first-order valence-electron chi connectivity index (χ1n) is 10.8. The summed E-state index contributed by atoms with van der Waals surface area (Å²) in [5, 5.41) is 0. The number of nitrogens with zero attached hydrogens (tertiary/aromatic N) is 3. The molecule has 0 saturated heterocycles. The lowest BCUT2D eigenvalue weighted by Crippen LogP contribution is -2.36. The van der Waals surface area contributed by atoms with Crippen LogP contribution < -0.4 is 0 Å². The molecule has 0 aromatic carbocycles. The van der Waals surface area contributed by atoms with Gasteiger partial charge in [0.25, 0.3) is 0 Å². The van der Waals surface area contributed by atoms with Crippen molar-refractivity contribution in [2.45, 2.75) is 71.6 Å². The Labute approximate surface area is 162 Å². The van der Waals surface area contributed by atoms with Crippen LogP contribution in [0.1, 0.15) is 71.6 Å². The van der Waals surface area contributed by atoms with Crippen LogP contribution in [-0.4, -0.2) is 49.4 Å². The summed E-state index contributed by atoms with van der Waals surface area (Å²) in [6.07, 6.45) is 16.7. The van der Waals surface area contributed by atoms with Crippen LogP contribution >= 0.6 is 0 Å². The highest BCUT2D eigenvalue weighted by Crippen LogP contribution is 2.49. The highest BCUT2D eigenvalue weighted by molar-refractivity contribution is 5.93. The largest absolute Gasteiger partial charge is 0.334 e. The quantitative estimate of drug-likeness (QED) is 0.400. The van der Waals surface area contributed by atoms with Gasteiger partial charge in [0.15, 0.2) is 0 Å². The van der Waals surface area contributed by atoms with E-state index in [0.717, 1.165) is 24.7 Å². The summed E-state index contributed by atoms with van der Waals surface area (Å²) < 4.78 is 0. The van der Waals surface area contributed by atoms with Crippen LogP contribution in [0.5, 0.6) is 0 Å². The van der Waals surface area contributed by atoms with E-state index >= 15 is 0 Å². The minimum absolute atomic E-state index is 0.639. The van der Waals surface area contributed by atoms with E-state index in [1.807, 2.05) is 13.1 Å². The molecule has 0 aromatic heterocycles. The number of likely N-dealkylation sites (N-methyl/N-ethyl adjacent to an activating group) is 1. The second-order valence-electron chi connectivity index (χ2n) is 8.49. The molecule has 1 aliphatic heterocycles. The fraction of sp³-hybridized carbons (Fsp3) is 0.783. The summed E-state index contributed by atoms with van der Waals surface area (Å²) in [6, 6.07) is 0. The summed E-state index contributed by atoms with van der Waals surface area (Å²) in [5.41, 5.74) is 2.02. The molecular weight excluding hydrogens is 318 g/mol. The van der Waals surface area contributed by atoms with Gasteiger partial charge >= 0.3 is 0 Å². The van der Waals surface area contributed by atoms with Crippen molar-refractivity contribution in [2.24, 2.45) is 16.3 Å². The summed E-state index contributed by atoms with van der Waals surface area (Å²) in [7, 11) is 3.94. The number of aliphatic imine (C=N–C) groups is 1. The third kappa shape index (κ3) is 5.45. The van der Waals surface area contributed by atoms with Crippen molar-refractivity contribution in [3.05, 3.63) is 24.4 Å². The van der Waals surface area contributed by atoms with Gasteiger partial charge in [-0.3, -0.25) is 9.89 Å². The van der Waals surface area contributed by atoms with Gasteiger partial charge in [-0.05, 0) is 56.1 Å². The Balaban J connectivity index is 1.87. The number of amidine groups is 1. The van der Waals surface area contributed by atoms with E-state index in [4.69, 9.17) is 0 Å². The van der Waals surface area contributed by atoms with Crippen LogP contribution in [0, 0.1) is 11.3 Å². The van der Waals surface area contributed by atoms with Crippen LogP contribution in [0.15, 0.2) is 29.4 Å². The molecule has 0 N–H and O–H groups in total. The van der Waals surface area contributed by atoms with E-state index in [1.54, 1.807) is 0 Å². The first-order valence-corrected chi connectivity index (χ1v) is 10.8. The van der Waals surface area contributed by atoms with Gasteiger partial charge in [0.2, 0.25) is 0 Å². The molecule has 1 fully saturated rings. The van der Waals surface area contributed by atoms with Gasteiger partial charge in [0, 0.05) is 39.3 Å². The molecule has 3 nitrogen and oxygen atoms in total. The van der Waals surface area contributed by atoms with Gasteiger partial charge in [-0.25, -0.2) is 0 Å². The molecule has 1 aliphatic carbocycles. The molecule has 0 radical (unpaired) electrons. The molecule has 3 heteroatoms. The van der Waals surface area contributed by atoms with E-state index in [0.29, 0.717) is 5.41 Å². The minimum atomic E-state index is 0.639. The maximum atomic E-state index is 4.31. The lowest BCUT2D eigenvalue weighted by atomic mass is 9.77. The SMILES string of the molecule is C=C/C(=N/C)N(C)C1=CCN(CCC2(CCC)CCC(CCC)C2)CC1. The Bertz CT molecular complexity index is 508. The lowest BCUT2D eigenvalue weighted by Gasteiger charge is -2.35. The van der Waals surface area contributed by atoms with Crippen LogP contribution in [0.2, 0.25) is 0 Å². The van der Waals surface area contributed by atoms with E-state index in [9.17, 15) is 0 Å². The minimum Gasteiger partial charge on any atom is -0.334 e. The van der Waals surface area contributed by atoms with Crippen LogP contribution in [0.25, 0.3) is 0 Å². The fourth-order valence-electron chi connectivity index (χ4n) is 5.22. The molecule has 0 spiro atoms. The summed E-state index contributed by atoms with van der Waals surface area (Å²) >= 11 is 0. The zero-order valence-electron chi connectivity index (χ0n) is 17.8. The summed E-state index contributed by atoms with van der Waals surface area (Å²) in [4.78, 5) is 9.15. The lowest BCUT2D eigenvalue weighted by molar-refractivity contribution is 0.179. The third-order valence-corrected chi connectivity index (χ3v) is 6.70. The van der Waals surface area contributed by atoms with Crippen LogP contribution in [0.4, 0.5) is 0 Å². The number of rotatable bonds is 9. The number of hydrogen-bond acceptors (Lipinski definition) is 2. The van der Waals surface area contributed by atoms with Crippen molar-refractivity contribution in [3.8, 4) is 0 Å². The second kappa shape index (κ2) is 10.3. The van der Waals surface area contributed by atoms with Crippen molar-refractivity contribution >= 4 is 5.84 Å². The van der Waals surface area contributed by atoms with Gasteiger partial charge in [0.1, 0.15) is 5.84 Å². The molecule has 2 aliphatic rings. The second-order valence-corrected chi connectivity index (χ2v) is 8.49. The molecule has 2 rings (SSSR count). The molecule has 2 unspecified atom stereocenters. The number of hydrogen-bond donors (Lipinski definition) is 0. The normalized spacial score (nSPS) is 27.5. The van der Waals surface area contributed by atoms with Gasteiger partial charge < -0.3 is 4.90 Å². The monoisotopic (exact) mass is 359 g/mol. The Morgan fingerprint density at radius 2 is 2.19 bits per heavy atom. The molecule has 1 saturated carbocycles. The fourth-order valence-corrected chi connectivity index (χ4v) is 5.22. The zero-order chi connectivity index (χ0) is 19.0. The smallest absolute Gasteiger partial charge is 0.126 e. The third-order valence-electron chi connectivity index (χ3n) is 6.70. The first-order chi connectivity index (χ1) is 12.6. The highest BCUT2D eigenvalue weighted by atomic mass is 15.2. The molecule has 0 bridgehead atoms. The maximum absolute atomic E-state index is 4.31. The van der Waals surface area contributed by atoms with Crippen molar-refractivity contribution in [2.75, 3.05) is 33.7 Å². The van der Waals surface area contributed by atoms with E-state index < -0.39 is 0 Å². The first kappa shape index (κ1) is 21.2. The average Bonchev–Trinajstić information content (AvgIpc) is 3.05. The van der Waals surface area contributed by atoms with E-state index in [-0.39, 0.29) is 0 Å². The van der Waals surface area contributed by atoms with Crippen LogP contribution in [0.3, 0.4) is 0 Å². The predicted molar refractivity (Wildman–Crippen MR) is 115 cm³/mol. The summed E-state index contributed by atoms with van der Waals surface area (Å²) in [6.45, 7) is 12.1. The van der Waals surface area contributed by atoms with Crippen molar-refractivity contribution in [1.29, 1.82) is 0 Å². The van der Waals surface area contributed by atoms with Crippen molar-refractivity contribution in [3.63, 3.8) is 0 Å². The molecule has 2 atom stereocenters. The topological polar surface area (TPSA) is 18.8 Å². The Morgan fingerprint density at radius 3 is 2.77 bits per heavy atom. The molecule has 148 valence electrons. The zero-order valence-corrected chi connectivity index (χ0v) is 17.8. The van der Waals surface area contributed by atoms with Crippen LogP contribution in [-0.2, 0) is 0 Å². The van der Waals surface area contributed by atoms with Crippen molar-refractivity contribution < 1.29 is 0 Å². The Hall–Kier alpha value is -1.09. The molecular formula is C23H41N3. The van der Waals surface area contributed by atoms with Crippen molar-refractivity contribution in [1.82, 2.24) is 9.80 Å². The van der Waals surface area contributed by atoms with Gasteiger partial charge in [-0.1, -0.05) is 45.8 Å². The highest BCUT2D eigenvalue weighted by Gasteiger charge is 2.37. The van der Waals surface area contributed by atoms with E-state index in [1.165, 1.54) is 70.2 Å². The molecule has 26 heavy (non-hydrogen) atoms. The Morgan fingerprint density at radius 1 is 1.38 bits per heavy atom. The van der Waals surface area contributed by atoms with E-state index in [2.05, 4.69) is 48.3 Å². The maximum Gasteiger partial charge on any atom is 0.126 e. The Kier molecular flexibility index (Phi) is 8.40. The van der Waals surface area contributed by atoms with Gasteiger partial charge in [0.05, 0.1) is 0 Å². The predicted octanol–water partition coefficient (Wildman–Crippen LogP) is 5.50. The summed E-state index contributed by atoms with van der Waals surface area (Å²) in [5.74, 6) is 1.96. The average molecular weight is 360 g/mol. The molecule has 0 amide bonds. The standard InChI is InChI=1S/C23H41N3/c1-6-9-20-10-14-23(19-20,13-7-2)15-18-26-16-11-21(12-17-26)25(5)22(8-3)24-4/h8,11,20H,3,6-7,9-10,12-19H2,1-2,4-5H3/b24-22-. The van der Waals surface area contributed by atoms with Gasteiger partial charge in [-0.2, -0.15) is 0 Å². The van der Waals surface area contributed by atoms with Gasteiger partial charge in [-0.15, -0.1) is 0 Å². The molecule has 1 heterocycles.